The third-order valence-electron chi connectivity index (χ3n) is 5.10. The number of carbonyl (C=O) groups excluding carboxylic acids is 2. The van der Waals surface area contributed by atoms with Crippen LogP contribution in [0, 0.1) is 0 Å². The van der Waals surface area contributed by atoms with E-state index >= 15 is 0 Å². The summed E-state index contributed by atoms with van der Waals surface area (Å²) < 4.78 is 0. The number of hydrogen-bond donors (Lipinski definition) is 1. The van der Waals surface area contributed by atoms with Crippen LogP contribution < -0.4 is 10.2 Å². The zero-order chi connectivity index (χ0) is 20.4. The van der Waals surface area contributed by atoms with Gasteiger partial charge in [0.15, 0.2) is 5.78 Å². The highest BCUT2D eigenvalue weighted by atomic mass is 32.1. The summed E-state index contributed by atoms with van der Waals surface area (Å²) in [5.74, 6) is 0.0723. The standard InChI is InChI=1S/C24H22N2O2S/c1-16(27)22-11-12-23(29-22)19-13-14-26(21-6-4-3-5-18(21)15-19)24(28)17-7-9-20(25-2)10-8-17/h3-12,15,25H,13-14H2,1-2H3. The van der Waals surface area contributed by atoms with Crippen molar-refractivity contribution in [2.45, 2.75) is 13.3 Å². The van der Waals surface area contributed by atoms with Crippen LogP contribution >= 0.6 is 11.3 Å². The van der Waals surface area contributed by atoms with Gasteiger partial charge in [-0.2, -0.15) is 0 Å². The Balaban J connectivity index is 1.68. The van der Waals surface area contributed by atoms with Crippen LogP contribution in [0.15, 0.2) is 60.7 Å². The third kappa shape index (κ3) is 3.87. The zero-order valence-corrected chi connectivity index (χ0v) is 17.3. The van der Waals surface area contributed by atoms with Gasteiger partial charge in [-0.3, -0.25) is 9.59 Å². The number of nitrogens with zero attached hydrogens (tertiary/aromatic N) is 1. The Kier molecular flexibility index (Phi) is 5.32. The summed E-state index contributed by atoms with van der Waals surface area (Å²) in [5.41, 5.74) is 4.71. The number of benzene rings is 2. The van der Waals surface area contributed by atoms with Crippen molar-refractivity contribution in [3.05, 3.63) is 81.5 Å². The minimum absolute atomic E-state index is 0.00893. The Bertz CT molecular complexity index is 1100. The quantitative estimate of drug-likeness (QED) is 0.579. The third-order valence-corrected chi connectivity index (χ3v) is 6.36. The van der Waals surface area contributed by atoms with E-state index in [0.717, 1.165) is 38.7 Å². The lowest BCUT2D eigenvalue weighted by atomic mass is 10.1. The SMILES string of the molecule is CNc1ccc(C(=O)N2CCC(c3ccc(C(C)=O)s3)=Cc3ccccc32)cc1. The van der Waals surface area contributed by atoms with Crippen molar-refractivity contribution >= 4 is 46.1 Å². The van der Waals surface area contributed by atoms with Gasteiger partial charge in [-0.05, 0) is 73.0 Å². The van der Waals surface area contributed by atoms with Crippen molar-refractivity contribution in [3.63, 3.8) is 0 Å². The van der Waals surface area contributed by atoms with Crippen LogP contribution in [-0.2, 0) is 0 Å². The molecule has 4 rings (SSSR count). The first kappa shape index (κ1) is 19.2. The molecule has 0 unspecified atom stereocenters. The van der Waals surface area contributed by atoms with Gasteiger partial charge in [-0.1, -0.05) is 18.2 Å². The molecule has 2 aromatic carbocycles. The molecule has 1 aromatic heterocycles. The van der Waals surface area contributed by atoms with Gasteiger partial charge in [0.2, 0.25) is 0 Å². The molecule has 4 nitrogen and oxygen atoms in total. The van der Waals surface area contributed by atoms with Crippen LogP contribution in [-0.4, -0.2) is 25.3 Å². The number of ketones is 1. The molecular formula is C24H22N2O2S. The first-order chi connectivity index (χ1) is 14.1. The Morgan fingerprint density at radius 3 is 2.45 bits per heavy atom. The van der Waals surface area contributed by atoms with E-state index in [1.165, 1.54) is 11.3 Å². The monoisotopic (exact) mass is 402 g/mol. The van der Waals surface area contributed by atoms with Crippen LogP contribution in [0.5, 0.6) is 0 Å². The van der Waals surface area contributed by atoms with E-state index in [1.807, 2.05) is 72.6 Å². The molecule has 0 bridgehead atoms. The smallest absolute Gasteiger partial charge is 0.258 e. The lowest BCUT2D eigenvalue weighted by Crippen LogP contribution is -2.32. The van der Waals surface area contributed by atoms with E-state index < -0.39 is 0 Å². The molecule has 0 atom stereocenters. The van der Waals surface area contributed by atoms with E-state index in [2.05, 4.69) is 11.4 Å². The van der Waals surface area contributed by atoms with E-state index in [0.29, 0.717) is 12.1 Å². The van der Waals surface area contributed by atoms with Gasteiger partial charge in [-0.15, -0.1) is 11.3 Å². The molecule has 0 radical (unpaired) electrons. The number of nitrogens with one attached hydrogen (secondary N) is 1. The number of carbonyl (C=O) groups is 2. The summed E-state index contributed by atoms with van der Waals surface area (Å²) in [6.45, 7) is 2.18. The van der Waals surface area contributed by atoms with Gasteiger partial charge >= 0.3 is 0 Å². The fraction of sp³-hybridized carbons (Fsp3) is 0.167. The van der Waals surface area contributed by atoms with Gasteiger partial charge < -0.3 is 10.2 Å². The molecule has 0 saturated heterocycles. The van der Waals surface area contributed by atoms with Crippen molar-refractivity contribution in [2.24, 2.45) is 0 Å². The van der Waals surface area contributed by atoms with Crippen LogP contribution in [0.1, 0.15) is 43.8 Å². The maximum absolute atomic E-state index is 13.3. The zero-order valence-electron chi connectivity index (χ0n) is 16.4. The normalized spacial score (nSPS) is 13.3. The van der Waals surface area contributed by atoms with Gasteiger partial charge in [0.05, 0.1) is 10.6 Å². The molecule has 1 aliphatic heterocycles. The van der Waals surface area contributed by atoms with Crippen molar-refractivity contribution < 1.29 is 9.59 Å². The van der Waals surface area contributed by atoms with Gasteiger partial charge in [-0.25, -0.2) is 0 Å². The summed E-state index contributed by atoms with van der Waals surface area (Å²) in [5, 5.41) is 3.08. The van der Waals surface area contributed by atoms with Crippen LogP contribution in [0.25, 0.3) is 11.6 Å². The summed E-state index contributed by atoms with van der Waals surface area (Å²) in [6.07, 6.45) is 2.87. The Labute approximate surface area is 174 Å². The largest absolute Gasteiger partial charge is 0.388 e. The molecular weight excluding hydrogens is 380 g/mol. The van der Waals surface area contributed by atoms with E-state index in [4.69, 9.17) is 0 Å². The number of thiophene rings is 1. The lowest BCUT2D eigenvalue weighted by molar-refractivity contribution is 0.0985. The van der Waals surface area contributed by atoms with Gasteiger partial charge in [0, 0.05) is 29.7 Å². The molecule has 1 N–H and O–H groups in total. The van der Waals surface area contributed by atoms with Gasteiger partial charge in [0.1, 0.15) is 0 Å². The predicted molar refractivity (Wildman–Crippen MR) is 121 cm³/mol. The molecule has 3 aromatic rings. The number of fused-ring (bicyclic) bond motifs is 1. The number of rotatable bonds is 4. The summed E-state index contributed by atoms with van der Waals surface area (Å²) in [6, 6.07) is 19.4. The number of hydrogen-bond acceptors (Lipinski definition) is 4. The Morgan fingerprint density at radius 1 is 1.00 bits per heavy atom. The van der Waals surface area contributed by atoms with Crippen molar-refractivity contribution in [1.29, 1.82) is 0 Å². The average Bonchev–Trinajstić information content (AvgIpc) is 3.16. The van der Waals surface area contributed by atoms with Crippen molar-refractivity contribution in [3.8, 4) is 0 Å². The van der Waals surface area contributed by atoms with Crippen LogP contribution in [0.2, 0.25) is 0 Å². The van der Waals surface area contributed by atoms with E-state index in [9.17, 15) is 9.59 Å². The number of para-hydroxylation sites is 1. The topological polar surface area (TPSA) is 49.4 Å². The van der Waals surface area contributed by atoms with Crippen molar-refractivity contribution in [2.75, 3.05) is 23.8 Å². The fourth-order valence-electron chi connectivity index (χ4n) is 3.51. The first-order valence-electron chi connectivity index (χ1n) is 9.57. The summed E-state index contributed by atoms with van der Waals surface area (Å²) in [7, 11) is 1.86. The van der Waals surface area contributed by atoms with Crippen LogP contribution in [0.3, 0.4) is 0 Å². The molecule has 2 heterocycles. The highest BCUT2D eigenvalue weighted by Crippen LogP contribution is 2.35. The molecule has 146 valence electrons. The summed E-state index contributed by atoms with van der Waals surface area (Å²) in [4.78, 5) is 28.7. The van der Waals surface area contributed by atoms with Crippen molar-refractivity contribution in [1.82, 2.24) is 0 Å². The second-order valence-corrected chi connectivity index (χ2v) is 8.07. The second kappa shape index (κ2) is 8.05. The fourth-order valence-corrected chi connectivity index (χ4v) is 4.45. The molecule has 0 spiro atoms. The molecule has 1 amide bonds. The molecule has 1 aliphatic rings. The summed E-state index contributed by atoms with van der Waals surface area (Å²) >= 11 is 1.51. The number of anilines is 2. The maximum atomic E-state index is 13.3. The highest BCUT2D eigenvalue weighted by molar-refractivity contribution is 7.15. The minimum atomic E-state index is -0.00893. The van der Waals surface area contributed by atoms with E-state index in [-0.39, 0.29) is 11.7 Å². The maximum Gasteiger partial charge on any atom is 0.258 e. The number of Topliss-reactive ketones (excluding diaryl/α,β-unsaturated/α-hetero) is 1. The first-order valence-corrected chi connectivity index (χ1v) is 10.4. The second-order valence-electron chi connectivity index (χ2n) is 6.98. The van der Waals surface area contributed by atoms with Crippen LogP contribution in [0.4, 0.5) is 11.4 Å². The Hall–Kier alpha value is -3.18. The lowest BCUT2D eigenvalue weighted by Gasteiger charge is -2.23. The van der Waals surface area contributed by atoms with Gasteiger partial charge in [0.25, 0.3) is 5.91 Å². The molecule has 0 fully saturated rings. The predicted octanol–water partition coefficient (Wildman–Crippen LogP) is 5.58. The number of amides is 1. The molecule has 29 heavy (non-hydrogen) atoms. The highest BCUT2D eigenvalue weighted by Gasteiger charge is 2.23. The average molecular weight is 403 g/mol. The molecule has 0 saturated carbocycles. The molecule has 0 aliphatic carbocycles. The molecule has 5 heteroatoms. The van der Waals surface area contributed by atoms with E-state index in [1.54, 1.807) is 6.92 Å². The Morgan fingerprint density at radius 2 is 1.76 bits per heavy atom. The minimum Gasteiger partial charge on any atom is -0.388 e.